The number of furan rings is 2. The van der Waals surface area contributed by atoms with Gasteiger partial charge >= 0.3 is 6.85 Å². The van der Waals surface area contributed by atoms with Crippen molar-refractivity contribution in [1.29, 1.82) is 0 Å². The number of para-hydroxylation sites is 3. The van der Waals surface area contributed by atoms with Crippen LogP contribution in [0, 0.1) is 0 Å². The van der Waals surface area contributed by atoms with Crippen molar-refractivity contribution in [2.45, 2.75) is 19.3 Å². The minimum Gasteiger partial charge on any atom is -0.456 e. The van der Waals surface area contributed by atoms with Crippen LogP contribution in [0.15, 0.2) is 173 Å². The molecule has 4 nitrogen and oxygen atoms in total. The van der Waals surface area contributed by atoms with Crippen LogP contribution in [0.1, 0.15) is 25.0 Å². The maximum Gasteiger partial charge on any atom is 0.333 e. The number of rotatable bonds is 1. The molecule has 0 amide bonds. The fourth-order valence-corrected chi connectivity index (χ4v) is 11.9. The van der Waals surface area contributed by atoms with Gasteiger partial charge in [-0.05, 0) is 104 Å². The summed E-state index contributed by atoms with van der Waals surface area (Å²) in [5, 5.41) is 9.61. The molecular formula is C55H33BN2O2. The summed E-state index contributed by atoms with van der Waals surface area (Å²) < 4.78 is 15.9. The molecular weight excluding hydrogens is 731 g/mol. The second-order valence-corrected chi connectivity index (χ2v) is 17.6. The van der Waals surface area contributed by atoms with Crippen LogP contribution in [-0.4, -0.2) is 11.3 Å². The molecule has 0 radical (unpaired) electrons. The molecule has 0 saturated carbocycles. The zero-order chi connectivity index (χ0) is 39.2. The number of nitrogens with zero attached hydrogens (tertiary/aromatic N) is 2. The van der Waals surface area contributed by atoms with Crippen LogP contribution in [0.2, 0.25) is 0 Å². The lowest BCUT2D eigenvalue weighted by atomic mass is 9.44. The molecule has 278 valence electrons. The Balaban J connectivity index is 1.16. The maximum absolute atomic E-state index is 6.76. The third-order valence-corrected chi connectivity index (χ3v) is 14.3. The maximum atomic E-state index is 6.76. The van der Waals surface area contributed by atoms with Crippen LogP contribution in [-0.2, 0) is 5.41 Å². The molecule has 0 N–H and O–H groups in total. The van der Waals surface area contributed by atoms with Gasteiger partial charge in [0.15, 0.2) is 0 Å². The lowest BCUT2D eigenvalue weighted by Gasteiger charge is -2.42. The molecule has 60 heavy (non-hydrogen) atoms. The van der Waals surface area contributed by atoms with E-state index in [0.29, 0.717) is 0 Å². The molecule has 0 saturated heterocycles. The Labute approximate surface area is 344 Å². The van der Waals surface area contributed by atoms with E-state index in [9.17, 15) is 0 Å². The van der Waals surface area contributed by atoms with Gasteiger partial charge in [0.2, 0.25) is 0 Å². The Morgan fingerprint density at radius 2 is 1.18 bits per heavy atom. The second-order valence-electron chi connectivity index (χ2n) is 17.6. The van der Waals surface area contributed by atoms with Crippen LogP contribution in [0.5, 0.6) is 0 Å². The summed E-state index contributed by atoms with van der Waals surface area (Å²) in [6, 6.07) is 60.5. The molecule has 0 atom stereocenters. The Bertz CT molecular complexity index is 3960. The molecule has 9 aromatic carbocycles. The molecule has 3 aliphatic rings. The van der Waals surface area contributed by atoms with E-state index in [2.05, 4.69) is 181 Å². The highest BCUT2D eigenvalue weighted by Gasteiger charge is 2.48. The van der Waals surface area contributed by atoms with Gasteiger partial charge in [0.25, 0.3) is 0 Å². The number of hydrogen-bond donors (Lipinski definition) is 0. The molecule has 12 aromatic rings. The topological polar surface area (TPSA) is 34.5 Å². The van der Waals surface area contributed by atoms with Crippen molar-refractivity contribution in [3.05, 3.63) is 175 Å². The van der Waals surface area contributed by atoms with E-state index in [4.69, 9.17) is 8.83 Å². The van der Waals surface area contributed by atoms with Crippen molar-refractivity contribution in [3.8, 4) is 22.3 Å². The van der Waals surface area contributed by atoms with E-state index in [-0.39, 0.29) is 12.3 Å². The first-order valence-electron chi connectivity index (χ1n) is 21.0. The zero-order valence-corrected chi connectivity index (χ0v) is 32.9. The van der Waals surface area contributed by atoms with Crippen LogP contribution in [0.3, 0.4) is 0 Å². The van der Waals surface area contributed by atoms with Crippen molar-refractivity contribution >= 4 is 111 Å². The first-order valence-corrected chi connectivity index (χ1v) is 21.0. The molecule has 15 rings (SSSR count). The highest BCUT2D eigenvalue weighted by atomic mass is 16.3. The van der Waals surface area contributed by atoms with E-state index in [1.807, 2.05) is 6.07 Å². The number of hydrogen-bond acceptors (Lipinski definition) is 3. The van der Waals surface area contributed by atoms with Gasteiger partial charge in [-0.15, -0.1) is 0 Å². The van der Waals surface area contributed by atoms with E-state index in [1.54, 1.807) is 0 Å². The Hall–Kier alpha value is -7.50. The van der Waals surface area contributed by atoms with E-state index in [1.165, 1.54) is 82.6 Å². The summed E-state index contributed by atoms with van der Waals surface area (Å²) in [6.45, 7) is 4.73. The first kappa shape index (κ1) is 31.5. The van der Waals surface area contributed by atoms with Gasteiger partial charge in [0.05, 0.1) is 0 Å². The van der Waals surface area contributed by atoms with Gasteiger partial charge in [0, 0.05) is 71.4 Å². The van der Waals surface area contributed by atoms with Gasteiger partial charge in [-0.2, -0.15) is 0 Å². The lowest BCUT2D eigenvalue weighted by Crippen LogP contribution is -2.57. The molecule has 3 aromatic heterocycles. The fraction of sp³-hybridized carbons (Fsp3) is 0.0545. The van der Waals surface area contributed by atoms with E-state index >= 15 is 0 Å². The molecule has 5 heteroatoms. The number of aromatic nitrogens is 1. The van der Waals surface area contributed by atoms with Crippen LogP contribution < -0.4 is 15.8 Å². The summed E-state index contributed by atoms with van der Waals surface area (Å²) >= 11 is 0. The van der Waals surface area contributed by atoms with Crippen molar-refractivity contribution < 1.29 is 8.83 Å². The number of fused-ring (bicyclic) bond motifs is 19. The number of benzene rings is 9. The van der Waals surface area contributed by atoms with E-state index in [0.717, 1.165) is 55.3 Å². The Kier molecular flexibility index (Phi) is 5.55. The summed E-state index contributed by atoms with van der Waals surface area (Å²) in [6.07, 6.45) is 0. The molecule has 0 spiro atoms. The predicted octanol–water partition coefficient (Wildman–Crippen LogP) is 13.5. The SMILES string of the molecule is CC1(C)c2ccccc2-c2cc3c4c(c21)-c1cccc2c5c6ccccc6ccc5n(c12)B4c1cc2oc4ccccc4c2cc1N3c1ccc2oc3ccccc3c2c1. The summed E-state index contributed by atoms with van der Waals surface area (Å²) in [5.74, 6) is 0. The van der Waals surface area contributed by atoms with Gasteiger partial charge in [-0.1, -0.05) is 123 Å². The average Bonchev–Trinajstić information content (AvgIpc) is 4.01. The van der Waals surface area contributed by atoms with Crippen LogP contribution >= 0.6 is 0 Å². The van der Waals surface area contributed by atoms with E-state index < -0.39 is 0 Å². The highest BCUT2D eigenvalue weighted by molar-refractivity contribution is 6.90. The Morgan fingerprint density at radius 1 is 0.500 bits per heavy atom. The monoisotopic (exact) mass is 764 g/mol. The quantitative estimate of drug-likeness (QED) is 0.156. The average molecular weight is 765 g/mol. The second kappa shape index (κ2) is 10.6. The smallest absolute Gasteiger partial charge is 0.333 e. The minimum atomic E-state index is -0.230. The standard InChI is InChI=1S/C55H33BN2O2/c1-55(2)41-19-8-5-14-33(41)40-28-45-53-51(52(40)55)37-18-11-17-36-50-32-13-4-3-12-30(32)22-24-43(50)58(54(36)37)56(53)42-29-49-39(35-16-7-10-21-47(35)60-49)27-44(42)57(45)31-23-25-48-38(26-31)34-15-6-9-20-46(34)59-48/h3-29H,1-2H3. The molecule has 0 bridgehead atoms. The van der Waals surface area contributed by atoms with Crippen LogP contribution in [0.25, 0.3) is 98.7 Å². The third kappa shape index (κ3) is 3.64. The summed E-state index contributed by atoms with van der Waals surface area (Å²) in [4.78, 5) is 2.55. The fourth-order valence-electron chi connectivity index (χ4n) is 11.9. The predicted molar refractivity (Wildman–Crippen MR) is 250 cm³/mol. The van der Waals surface area contributed by atoms with Crippen molar-refractivity contribution in [1.82, 2.24) is 4.48 Å². The lowest BCUT2D eigenvalue weighted by molar-refractivity contribution is 0.662. The van der Waals surface area contributed by atoms with Gasteiger partial charge in [-0.3, -0.25) is 0 Å². The highest BCUT2D eigenvalue weighted by Crippen LogP contribution is 2.57. The van der Waals surface area contributed by atoms with Gasteiger partial charge in [0.1, 0.15) is 22.3 Å². The number of anilines is 3. The Morgan fingerprint density at radius 3 is 2.03 bits per heavy atom. The summed E-state index contributed by atoms with van der Waals surface area (Å²) in [7, 11) is 0. The minimum absolute atomic E-state index is 0.127. The molecule has 1 aliphatic carbocycles. The zero-order valence-electron chi connectivity index (χ0n) is 32.9. The normalized spacial score (nSPS) is 14.6. The molecule has 0 fully saturated rings. The largest absolute Gasteiger partial charge is 0.456 e. The third-order valence-electron chi connectivity index (χ3n) is 14.3. The summed E-state index contributed by atoms with van der Waals surface area (Å²) in [5.41, 5.74) is 20.0. The van der Waals surface area contributed by atoms with Crippen molar-refractivity contribution in [2.75, 3.05) is 4.90 Å². The van der Waals surface area contributed by atoms with Gasteiger partial charge < -0.3 is 18.2 Å². The van der Waals surface area contributed by atoms with Crippen molar-refractivity contribution in [3.63, 3.8) is 0 Å². The van der Waals surface area contributed by atoms with Gasteiger partial charge in [-0.25, -0.2) is 0 Å². The molecule has 5 heterocycles. The van der Waals surface area contributed by atoms with Crippen molar-refractivity contribution in [2.24, 2.45) is 0 Å². The first-order chi connectivity index (χ1) is 29.5. The molecule has 0 unspecified atom stereocenters. The molecule has 2 aliphatic heterocycles. The van der Waals surface area contributed by atoms with Crippen LogP contribution in [0.4, 0.5) is 17.1 Å².